The van der Waals surface area contributed by atoms with E-state index in [2.05, 4.69) is 0 Å². The van der Waals surface area contributed by atoms with Gasteiger partial charge in [-0.2, -0.15) is 0 Å². The summed E-state index contributed by atoms with van der Waals surface area (Å²) in [4.78, 5) is 21.6. The monoisotopic (exact) mass is 220 g/mol. The largest absolute Gasteiger partial charge is 0.392 e. The van der Waals surface area contributed by atoms with E-state index in [9.17, 15) is 14.7 Å². The molecule has 0 radical (unpaired) electrons. The maximum absolute atomic E-state index is 11.2. The van der Waals surface area contributed by atoms with Gasteiger partial charge in [0, 0.05) is 5.25 Å². The lowest BCUT2D eigenvalue weighted by atomic mass is 10.3. The second-order valence-electron chi connectivity index (χ2n) is 3.08. The van der Waals surface area contributed by atoms with Crippen molar-refractivity contribution in [1.82, 2.24) is 5.32 Å². The van der Waals surface area contributed by atoms with Crippen LogP contribution in [0.4, 0.5) is 4.79 Å². The maximum Gasteiger partial charge on any atom is 0.318 e. The highest BCUT2D eigenvalue weighted by molar-refractivity contribution is 8.01. The molecule has 0 bridgehead atoms. The molecule has 0 saturated carbocycles. The standard InChI is InChI=1S/C8H16N2O3S/c1-4(11)5(2)14-6(3)7(12)10-8(9)13/h4-6,11H,1-3H3,(H3,9,10,12,13). The smallest absolute Gasteiger partial charge is 0.318 e. The van der Waals surface area contributed by atoms with Crippen LogP contribution in [-0.4, -0.2) is 33.6 Å². The Morgan fingerprint density at radius 1 is 1.36 bits per heavy atom. The molecule has 3 amide bonds. The van der Waals surface area contributed by atoms with E-state index in [1.54, 1.807) is 13.8 Å². The van der Waals surface area contributed by atoms with Crippen molar-refractivity contribution in [1.29, 1.82) is 0 Å². The van der Waals surface area contributed by atoms with E-state index in [0.29, 0.717) is 0 Å². The van der Waals surface area contributed by atoms with Gasteiger partial charge in [-0.3, -0.25) is 10.1 Å². The van der Waals surface area contributed by atoms with Crippen molar-refractivity contribution in [2.75, 3.05) is 0 Å². The molecule has 0 aromatic carbocycles. The minimum atomic E-state index is -0.854. The van der Waals surface area contributed by atoms with Gasteiger partial charge in [-0.1, -0.05) is 6.92 Å². The quantitative estimate of drug-likeness (QED) is 0.625. The molecule has 0 spiro atoms. The zero-order chi connectivity index (χ0) is 11.3. The molecule has 0 aromatic heterocycles. The molecule has 82 valence electrons. The van der Waals surface area contributed by atoms with Gasteiger partial charge in [-0.25, -0.2) is 4.79 Å². The molecule has 14 heavy (non-hydrogen) atoms. The number of aliphatic hydroxyl groups excluding tert-OH is 1. The topological polar surface area (TPSA) is 92.4 Å². The van der Waals surface area contributed by atoms with Crippen molar-refractivity contribution in [2.24, 2.45) is 5.73 Å². The molecule has 0 fully saturated rings. The molecule has 3 unspecified atom stereocenters. The molecule has 0 saturated heterocycles. The highest BCUT2D eigenvalue weighted by Crippen LogP contribution is 2.20. The first-order valence-corrected chi connectivity index (χ1v) is 5.22. The van der Waals surface area contributed by atoms with Crippen molar-refractivity contribution in [3.05, 3.63) is 0 Å². The fraction of sp³-hybridized carbons (Fsp3) is 0.750. The Morgan fingerprint density at radius 3 is 2.21 bits per heavy atom. The predicted molar refractivity (Wildman–Crippen MR) is 55.9 cm³/mol. The summed E-state index contributed by atoms with van der Waals surface area (Å²) in [6, 6.07) is -0.854. The SMILES string of the molecule is CC(SC(C)C(C)O)C(=O)NC(N)=O. The maximum atomic E-state index is 11.2. The number of rotatable bonds is 4. The highest BCUT2D eigenvalue weighted by atomic mass is 32.2. The Labute approximate surface area is 87.4 Å². The highest BCUT2D eigenvalue weighted by Gasteiger charge is 2.20. The van der Waals surface area contributed by atoms with Crippen LogP contribution in [0.1, 0.15) is 20.8 Å². The number of hydrogen-bond acceptors (Lipinski definition) is 4. The number of nitrogens with one attached hydrogen (secondary N) is 1. The van der Waals surface area contributed by atoms with E-state index < -0.39 is 23.3 Å². The van der Waals surface area contributed by atoms with Crippen LogP contribution in [0.3, 0.4) is 0 Å². The Hall–Kier alpha value is -0.750. The van der Waals surface area contributed by atoms with E-state index in [1.807, 2.05) is 12.2 Å². The Balaban J connectivity index is 4.01. The fourth-order valence-corrected chi connectivity index (χ4v) is 1.77. The first kappa shape index (κ1) is 13.2. The summed E-state index contributed by atoms with van der Waals surface area (Å²) in [6.45, 7) is 5.11. The zero-order valence-corrected chi connectivity index (χ0v) is 9.30. The van der Waals surface area contributed by atoms with Crippen LogP contribution >= 0.6 is 11.8 Å². The van der Waals surface area contributed by atoms with Crippen LogP contribution < -0.4 is 11.1 Å². The number of hydrogen-bond donors (Lipinski definition) is 3. The summed E-state index contributed by atoms with van der Waals surface area (Å²) >= 11 is 1.29. The number of nitrogens with two attached hydrogens (primary N) is 1. The number of primary amides is 1. The van der Waals surface area contributed by atoms with E-state index in [0.717, 1.165) is 0 Å². The number of thioether (sulfide) groups is 1. The van der Waals surface area contributed by atoms with E-state index >= 15 is 0 Å². The number of carbonyl (C=O) groups is 2. The number of imide groups is 1. The van der Waals surface area contributed by atoms with E-state index in [4.69, 9.17) is 5.73 Å². The average molecular weight is 220 g/mol. The van der Waals surface area contributed by atoms with Gasteiger partial charge in [0.2, 0.25) is 5.91 Å². The van der Waals surface area contributed by atoms with Crippen LogP contribution in [0.25, 0.3) is 0 Å². The van der Waals surface area contributed by atoms with Crippen LogP contribution in [0, 0.1) is 0 Å². The molecule has 0 aliphatic carbocycles. The molecular formula is C8H16N2O3S. The third-order valence-electron chi connectivity index (χ3n) is 1.71. The van der Waals surface area contributed by atoms with Gasteiger partial charge in [-0.05, 0) is 13.8 Å². The van der Waals surface area contributed by atoms with Crippen molar-refractivity contribution >= 4 is 23.7 Å². The molecule has 0 rings (SSSR count). The average Bonchev–Trinajstić information content (AvgIpc) is 2.02. The van der Waals surface area contributed by atoms with Gasteiger partial charge in [0.15, 0.2) is 0 Å². The van der Waals surface area contributed by atoms with E-state index in [-0.39, 0.29) is 5.25 Å². The minimum absolute atomic E-state index is 0.0661. The Kier molecular flexibility index (Phi) is 5.56. The summed E-state index contributed by atoms with van der Waals surface area (Å²) in [7, 11) is 0. The van der Waals surface area contributed by atoms with Gasteiger partial charge in [0.05, 0.1) is 11.4 Å². The summed E-state index contributed by atoms with van der Waals surface area (Å²) in [5.41, 5.74) is 4.79. The van der Waals surface area contributed by atoms with Crippen molar-refractivity contribution in [3.8, 4) is 0 Å². The minimum Gasteiger partial charge on any atom is -0.392 e. The predicted octanol–water partition coefficient (Wildman–Crippen LogP) is 0.0723. The van der Waals surface area contributed by atoms with Crippen LogP contribution in [0.5, 0.6) is 0 Å². The van der Waals surface area contributed by atoms with Crippen molar-refractivity contribution in [3.63, 3.8) is 0 Å². The number of urea groups is 1. The molecule has 0 aromatic rings. The first-order chi connectivity index (χ1) is 6.34. The molecule has 3 atom stereocenters. The van der Waals surface area contributed by atoms with E-state index in [1.165, 1.54) is 11.8 Å². The number of amides is 3. The Morgan fingerprint density at radius 2 is 1.86 bits per heavy atom. The molecular weight excluding hydrogens is 204 g/mol. The fourth-order valence-electron chi connectivity index (χ4n) is 0.721. The van der Waals surface area contributed by atoms with Gasteiger partial charge < -0.3 is 10.8 Å². The lowest BCUT2D eigenvalue weighted by Crippen LogP contribution is -2.40. The molecule has 4 N–H and O–H groups in total. The summed E-state index contributed by atoms with van der Waals surface area (Å²) < 4.78 is 0. The Bertz CT molecular complexity index is 221. The zero-order valence-electron chi connectivity index (χ0n) is 8.48. The second kappa shape index (κ2) is 5.87. The van der Waals surface area contributed by atoms with Gasteiger partial charge in [0.1, 0.15) is 0 Å². The van der Waals surface area contributed by atoms with Gasteiger partial charge in [0.25, 0.3) is 0 Å². The van der Waals surface area contributed by atoms with Crippen LogP contribution in [-0.2, 0) is 4.79 Å². The molecule has 0 heterocycles. The van der Waals surface area contributed by atoms with Gasteiger partial charge >= 0.3 is 6.03 Å². The lowest BCUT2D eigenvalue weighted by molar-refractivity contribution is -0.119. The first-order valence-electron chi connectivity index (χ1n) is 4.28. The number of aliphatic hydroxyl groups is 1. The lowest BCUT2D eigenvalue weighted by Gasteiger charge is -2.18. The van der Waals surface area contributed by atoms with Crippen LogP contribution in [0.15, 0.2) is 0 Å². The third kappa shape index (κ3) is 5.08. The molecule has 5 nitrogen and oxygen atoms in total. The molecule has 0 aliphatic rings. The van der Waals surface area contributed by atoms with Gasteiger partial charge in [-0.15, -0.1) is 11.8 Å². The van der Waals surface area contributed by atoms with Crippen molar-refractivity contribution in [2.45, 2.75) is 37.4 Å². The second-order valence-corrected chi connectivity index (χ2v) is 4.80. The summed E-state index contributed by atoms with van der Waals surface area (Å²) in [5.74, 6) is -0.435. The third-order valence-corrected chi connectivity index (χ3v) is 3.16. The molecule has 6 heteroatoms. The van der Waals surface area contributed by atoms with Crippen LogP contribution in [0.2, 0.25) is 0 Å². The summed E-state index contributed by atoms with van der Waals surface area (Å²) in [5, 5.41) is 10.7. The molecule has 0 aliphatic heterocycles. The summed E-state index contributed by atoms with van der Waals surface area (Å²) in [6.07, 6.45) is -0.496. The van der Waals surface area contributed by atoms with Crippen molar-refractivity contribution < 1.29 is 14.7 Å². The number of carbonyl (C=O) groups excluding carboxylic acids is 2. The normalized spacial score (nSPS) is 16.9.